The molecule has 0 spiro atoms. The molecule has 150 valence electrons. The van der Waals surface area contributed by atoms with Crippen LogP contribution in [0.15, 0.2) is 53.4 Å². The first-order valence-electron chi connectivity index (χ1n) is 9.39. The molecule has 0 N–H and O–H groups in total. The fourth-order valence-corrected chi connectivity index (χ4v) is 4.65. The van der Waals surface area contributed by atoms with Crippen molar-refractivity contribution in [2.24, 2.45) is 0 Å². The Balaban J connectivity index is 1.64. The summed E-state index contributed by atoms with van der Waals surface area (Å²) < 4.78 is 64.2. The van der Waals surface area contributed by atoms with Crippen molar-refractivity contribution in [3.63, 3.8) is 0 Å². The van der Waals surface area contributed by atoms with Crippen LogP contribution in [0.1, 0.15) is 67.6 Å². The topological polar surface area (TPSA) is 0 Å². The zero-order chi connectivity index (χ0) is 19.8. The highest BCUT2D eigenvalue weighted by Gasteiger charge is 2.65. The maximum atomic E-state index is 12.8. The molecule has 0 bridgehead atoms. The molecule has 0 atom stereocenters. The quantitative estimate of drug-likeness (QED) is 0.437. The molecule has 0 aliphatic heterocycles. The molecule has 6 heteroatoms. The van der Waals surface area contributed by atoms with E-state index < -0.39 is 15.1 Å². The molecule has 2 aromatic carbocycles. The zero-order valence-corrected chi connectivity index (χ0v) is 16.1. The Labute approximate surface area is 157 Å². The van der Waals surface area contributed by atoms with Crippen molar-refractivity contribution in [2.45, 2.75) is 62.2 Å². The van der Waals surface area contributed by atoms with Crippen LogP contribution < -0.4 is 0 Å². The van der Waals surface area contributed by atoms with E-state index >= 15 is 0 Å². The van der Waals surface area contributed by atoms with E-state index in [9.17, 15) is 19.4 Å². The molecule has 2 aromatic rings. The molecular formula is C21H25F5S. The fourth-order valence-electron chi connectivity index (χ4n) is 4.00. The van der Waals surface area contributed by atoms with Crippen LogP contribution in [0.2, 0.25) is 0 Å². The van der Waals surface area contributed by atoms with Gasteiger partial charge in [-0.25, -0.2) is 0 Å². The second kappa shape index (κ2) is 6.50. The molecule has 27 heavy (non-hydrogen) atoms. The number of hydrogen-bond donors (Lipinski definition) is 0. The van der Waals surface area contributed by atoms with Crippen molar-refractivity contribution in [1.82, 2.24) is 0 Å². The van der Waals surface area contributed by atoms with Gasteiger partial charge in [0, 0.05) is 0 Å². The lowest BCUT2D eigenvalue weighted by Crippen LogP contribution is -2.12. The van der Waals surface area contributed by atoms with Crippen molar-refractivity contribution >= 4 is 10.2 Å². The predicted molar refractivity (Wildman–Crippen MR) is 102 cm³/mol. The molecule has 0 nitrogen and oxygen atoms in total. The van der Waals surface area contributed by atoms with Crippen LogP contribution in [0.4, 0.5) is 19.4 Å². The van der Waals surface area contributed by atoms with Crippen LogP contribution in [0.3, 0.4) is 0 Å². The minimum atomic E-state index is -9.58. The van der Waals surface area contributed by atoms with E-state index in [4.69, 9.17) is 0 Å². The van der Waals surface area contributed by atoms with Gasteiger partial charge in [-0.3, -0.25) is 0 Å². The normalized spacial score (nSPS) is 23.5. The van der Waals surface area contributed by atoms with Gasteiger partial charge in [0.15, 0.2) is 0 Å². The van der Waals surface area contributed by atoms with E-state index in [0.29, 0.717) is 18.1 Å². The Bertz CT molecular complexity index is 771. The summed E-state index contributed by atoms with van der Waals surface area (Å²) in [4.78, 5) is -1.81. The van der Waals surface area contributed by atoms with Crippen molar-refractivity contribution in [3.05, 3.63) is 65.2 Å². The first-order valence-corrected chi connectivity index (χ1v) is 11.3. The number of benzene rings is 2. The highest BCUT2D eigenvalue weighted by atomic mass is 32.5. The Morgan fingerprint density at radius 3 is 1.48 bits per heavy atom. The number of hydrogen-bond acceptors (Lipinski definition) is 0. The third-order valence-electron chi connectivity index (χ3n) is 5.51. The molecule has 0 heterocycles. The molecule has 1 fully saturated rings. The maximum Gasteiger partial charge on any atom is 0.310 e. The van der Waals surface area contributed by atoms with Gasteiger partial charge in [-0.05, 0) is 72.8 Å². The molecule has 0 saturated heterocycles. The average molecular weight is 404 g/mol. The summed E-state index contributed by atoms with van der Waals surface area (Å²) in [6.07, 6.45) is 5.82. The number of rotatable bonds is 5. The van der Waals surface area contributed by atoms with E-state index in [1.165, 1.54) is 23.3 Å². The van der Waals surface area contributed by atoms with E-state index in [-0.39, 0.29) is 5.92 Å². The van der Waals surface area contributed by atoms with Crippen LogP contribution in [0.5, 0.6) is 0 Å². The second-order valence-corrected chi connectivity index (χ2v) is 9.99. The third-order valence-corrected chi connectivity index (χ3v) is 6.68. The minimum absolute atomic E-state index is 0.133. The second-order valence-electron chi connectivity index (χ2n) is 7.58. The predicted octanol–water partition coefficient (Wildman–Crippen LogP) is 8.74. The SMILES string of the molecule is CCCc1ccc(C2CCC(c3ccc(S(F)(F)(F)(F)F)cc3)CC2)cc1. The Morgan fingerprint density at radius 2 is 1.11 bits per heavy atom. The maximum absolute atomic E-state index is 12.8. The molecular weight excluding hydrogens is 379 g/mol. The Kier molecular flexibility index (Phi) is 4.86. The first kappa shape index (κ1) is 20.2. The monoisotopic (exact) mass is 404 g/mol. The van der Waals surface area contributed by atoms with Crippen LogP contribution in [0.25, 0.3) is 0 Å². The summed E-state index contributed by atoms with van der Waals surface area (Å²) in [5, 5.41) is 0. The lowest BCUT2D eigenvalue weighted by molar-refractivity contribution is 0.363. The van der Waals surface area contributed by atoms with Gasteiger partial charge in [-0.2, -0.15) is 0 Å². The molecule has 0 amide bonds. The fraction of sp³-hybridized carbons (Fsp3) is 0.429. The molecule has 0 radical (unpaired) electrons. The number of halogens is 5. The summed E-state index contributed by atoms with van der Waals surface area (Å²) in [6.45, 7) is 2.15. The number of aryl methyl sites for hydroxylation is 1. The van der Waals surface area contributed by atoms with E-state index in [2.05, 4.69) is 31.2 Å². The van der Waals surface area contributed by atoms with Gasteiger partial charge in [0.2, 0.25) is 0 Å². The lowest BCUT2D eigenvalue weighted by atomic mass is 9.76. The summed E-state index contributed by atoms with van der Waals surface area (Å²) >= 11 is 0. The Morgan fingerprint density at radius 1 is 0.704 bits per heavy atom. The van der Waals surface area contributed by atoms with Gasteiger partial charge in [0.1, 0.15) is 4.90 Å². The smallest absolute Gasteiger partial charge is 0.0936 e. The summed E-state index contributed by atoms with van der Waals surface area (Å²) in [6, 6.07) is 12.2. The molecule has 0 unspecified atom stereocenters. The summed E-state index contributed by atoms with van der Waals surface area (Å²) in [7, 11) is -9.58. The summed E-state index contributed by atoms with van der Waals surface area (Å²) in [5.41, 5.74) is 3.36. The highest BCUT2D eigenvalue weighted by Crippen LogP contribution is 3.02. The van der Waals surface area contributed by atoms with E-state index in [1.54, 1.807) is 0 Å². The average Bonchev–Trinajstić information content (AvgIpc) is 2.61. The van der Waals surface area contributed by atoms with Gasteiger partial charge < -0.3 is 0 Å². The minimum Gasteiger partial charge on any atom is -0.0936 e. The molecule has 0 aromatic heterocycles. The van der Waals surface area contributed by atoms with Gasteiger partial charge in [-0.15, -0.1) is 0 Å². The largest absolute Gasteiger partial charge is 0.310 e. The first-order chi connectivity index (χ1) is 12.5. The zero-order valence-electron chi connectivity index (χ0n) is 15.3. The van der Waals surface area contributed by atoms with Crippen LogP contribution in [-0.2, 0) is 6.42 Å². The van der Waals surface area contributed by atoms with Crippen molar-refractivity contribution in [1.29, 1.82) is 0 Å². The van der Waals surface area contributed by atoms with Crippen LogP contribution >= 0.6 is 10.2 Å². The van der Waals surface area contributed by atoms with E-state index in [0.717, 1.165) is 44.1 Å². The van der Waals surface area contributed by atoms with Crippen molar-refractivity contribution in [2.75, 3.05) is 0 Å². The lowest BCUT2D eigenvalue weighted by Gasteiger charge is -2.40. The van der Waals surface area contributed by atoms with Gasteiger partial charge >= 0.3 is 10.2 Å². The molecule has 1 saturated carbocycles. The molecule has 1 aliphatic carbocycles. The van der Waals surface area contributed by atoms with Gasteiger partial charge in [0.05, 0.1) is 0 Å². The molecule has 1 aliphatic rings. The Hall–Kier alpha value is -1.56. The van der Waals surface area contributed by atoms with Gasteiger partial charge in [0.25, 0.3) is 0 Å². The van der Waals surface area contributed by atoms with E-state index in [1.807, 2.05) is 0 Å². The van der Waals surface area contributed by atoms with Crippen molar-refractivity contribution < 1.29 is 19.4 Å². The van der Waals surface area contributed by atoms with Crippen LogP contribution in [-0.4, -0.2) is 0 Å². The highest BCUT2D eigenvalue weighted by molar-refractivity contribution is 8.45. The van der Waals surface area contributed by atoms with Gasteiger partial charge in [-0.1, -0.05) is 69.2 Å². The molecule has 3 rings (SSSR count). The summed E-state index contributed by atoms with van der Waals surface area (Å²) in [5.74, 6) is 0.592. The van der Waals surface area contributed by atoms with Crippen LogP contribution in [0, 0.1) is 0 Å². The third kappa shape index (κ3) is 5.03. The standard InChI is InChI=1S/C21H25F5S/c1-2-3-16-4-6-17(7-5-16)18-8-10-19(11-9-18)20-12-14-21(15-13-20)27(22,23,24,25)26/h4-7,12-15,18-19H,2-3,8-11H2,1H3. The van der Waals surface area contributed by atoms with Crippen molar-refractivity contribution in [3.8, 4) is 0 Å².